The molecular formula is C16H20N2O2. The van der Waals surface area contributed by atoms with Crippen LogP contribution in [0.5, 0.6) is 5.75 Å². The van der Waals surface area contributed by atoms with Crippen LogP contribution in [0.3, 0.4) is 0 Å². The maximum absolute atomic E-state index is 5.57. The van der Waals surface area contributed by atoms with Gasteiger partial charge in [0.05, 0.1) is 19.1 Å². The molecule has 4 nitrogen and oxygen atoms in total. The van der Waals surface area contributed by atoms with Crippen molar-refractivity contribution in [2.75, 3.05) is 45.2 Å². The predicted molar refractivity (Wildman–Crippen MR) is 80.4 cm³/mol. The third-order valence-electron chi connectivity index (χ3n) is 3.83. The zero-order chi connectivity index (χ0) is 13.9. The molecule has 0 atom stereocenters. The van der Waals surface area contributed by atoms with Crippen LogP contribution < -0.4 is 9.64 Å². The third kappa shape index (κ3) is 2.51. The van der Waals surface area contributed by atoms with Crippen LogP contribution in [0.4, 0.5) is 5.69 Å². The number of benzene rings is 1. The monoisotopic (exact) mass is 272 g/mol. The number of methoxy groups -OCH3 is 1. The van der Waals surface area contributed by atoms with Crippen LogP contribution in [0.15, 0.2) is 41.0 Å². The highest BCUT2D eigenvalue weighted by molar-refractivity contribution is 5.69. The summed E-state index contributed by atoms with van der Waals surface area (Å²) < 4.78 is 11.0. The molecule has 0 bridgehead atoms. The van der Waals surface area contributed by atoms with Gasteiger partial charge in [0.1, 0.15) is 11.5 Å². The standard InChI is InChI=1S/C16H20N2O2/c1-17-7-9-18(10-8-17)14-6-5-13(12-16(14)19-2)15-4-3-11-20-15/h3-6,11-12H,7-10H2,1-2H3. The van der Waals surface area contributed by atoms with E-state index in [1.165, 1.54) is 0 Å². The fourth-order valence-electron chi connectivity index (χ4n) is 2.58. The van der Waals surface area contributed by atoms with Gasteiger partial charge in [-0.15, -0.1) is 0 Å². The molecule has 0 aliphatic carbocycles. The molecule has 0 saturated carbocycles. The lowest BCUT2D eigenvalue weighted by atomic mass is 10.1. The highest BCUT2D eigenvalue weighted by Gasteiger charge is 2.18. The fourth-order valence-corrected chi connectivity index (χ4v) is 2.58. The number of piperazine rings is 1. The van der Waals surface area contributed by atoms with Crippen molar-refractivity contribution in [2.24, 2.45) is 0 Å². The van der Waals surface area contributed by atoms with Gasteiger partial charge in [-0.25, -0.2) is 0 Å². The number of hydrogen-bond donors (Lipinski definition) is 0. The van der Waals surface area contributed by atoms with Gasteiger partial charge in [-0.3, -0.25) is 0 Å². The molecule has 1 aromatic carbocycles. The second-order valence-corrected chi connectivity index (χ2v) is 5.15. The third-order valence-corrected chi connectivity index (χ3v) is 3.83. The first-order valence-corrected chi connectivity index (χ1v) is 6.93. The van der Waals surface area contributed by atoms with Gasteiger partial charge in [0.15, 0.2) is 0 Å². The van der Waals surface area contributed by atoms with E-state index >= 15 is 0 Å². The van der Waals surface area contributed by atoms with Gasteiger partial charge in [-0.2, -0.15) is 0 Å². The van der Waals surface area contributed by atoms with Crippen LogP contribution in [-0.2, 0) is 0 Å². The molecule has 20 heavy (non-hydrogen) atoms. The average molecular weight is 272 g/mol. The maximum atomic E-state index is 5.57. The summed E-state index contributed by atoms with van der Waals surface area (Å²) in [6, 6.07) is 10.1. The molecule has 0 amide bonds. The lowest BCUT2D eigenvalue weighted by Crippen LogP contribution is -2.44. The lowest BCUT2D eigenvalue weighted by molar-refractivity contribution is 0.311. The SMILES string of the molecule is COc1cc(-c2ccco2)ccc1N1CCN(C)CC1. The van der Waals surface area contributed by atoms with Crippen molar-refractivity contribution in [1.82, 2.24) is 4.90 Å². The van der Waals surface area contributed by atoms with E-state index < -0.39 is 0 Å². The van der Waals surface area contributed by atoms with E-state index in [2.05, 4.69) is 29.0 Å². The Labute approximate surface area is 119 Å². The molecular weight excluding hydrogens is 252 g/mol. The Morgan fingerprint density at radius 3 is 2.55 bits per heavy atom. The van der Waals surface area contributed by atoms with Crippen LogP contribution in [-0.4, -0.2) is 45.2 Å². The van der Waals surface area contributed by atoms with Crippen molar-refractivity contribution in [3.05, 3.63) is 36.6 Å². The van der Waals surface area contributed by atoms with E-state index in [1.54, 1.807) is 13.4 Å². The van der Waals surface area contributed by atoms with Crippen molar-refractivity contribution in [3.8, 4) is 17.1 Å². The van der Waals surface area contributed by atoms with Crippen LogP contribution in [0.2, 0.25) is 0 Å². The Bertz CT molecular complexity index is 558. The summed E-state index contributed by atoms with van der Waals surface area (Å²) in [5.41, 5.74) is 2.21. The zero-order valence-corrected chi connectivity index (χ0v) is 12.0. The van der Waals surface area contributed by atoms with Crippen LogP contribution in [0, 0.1) is 0 Å². The quantitative estimate of drug-likeness (QED) is 0.859. The number of rotatable bonds is 3. The molecule has 2 aromatic rings. The molecule has 1 aliphatic heterocycles. The molecule has 1 fully saturated rings. The normalized spacial score (nSPS) is 16.4. The largest absolute Gasteiger partial charge is 0.495 e. The van der Waals surface area contributed by atoms with E-state index in [9.17, 15) is 0 Å². The topological polar surface area (TPSA) is 28.9 Å². The Balaban J connectivity index is 1.88. The van der Waals surface area contributed by atoms with Crippen LogP contribution in [0.1, 0.15) is 0 Å². The number of nitrogens with zero attached hydrogens (tertiary/aromatic N) is 2. The number of hydrogen-bond acceptors (Lipinski definition) is 4. The Kier molecular flexibility index (Phi) is 3.65. The van der Waals surface area contributed by atoms with E-state index in [0.717, 1.165) is 48.9 Å². The molecule has 0 spiro atoms. The van der Waals surface area contributed by atoms with Crippen molar-refractivity contribution in [1.29, 1.82) is 0 Å². The zero-order valence-electron chi connectivity index (χ0n) is 12.0. The fraction of sp³-hybridized carbons (Fsp3) is 0.375. The molecule has 3 rings (SSSR count). The summed E-state index contributed by atoms with van der Waals surface area (Å²) in [5.74, 6) is 1.77. The van der Waals surface area contributed by atoms with Gasteiger partial charge in [0.2, 0.25) is 0 Å². The Morgan fingerprint density at radius 1 is 1.10 bits per heavy atom. The first-order chi connectivity index (χ1) is 9.78. The first-order valence-electron chi connectivity index (χ1n) is 6.93. The second-order valence-electron chi connectivity index (χ2n) is 5.15. The number of anilines is 1. The number of ether oxygens (including phenoxy) is 1. The van der Waals surface area contributed by atoms with Crippen molar-refractivity contribution in [2.45, 2.75) is 0 Å². The summed E-state index contributed by atoms with van der Waals surface area (Å²) >= 11 is 0. The smallest absolute Gasteiger partial charge is 0.142 e. The minimum Gasteiger partial charge on any atom is -0.495 e. The van der Waals surface area contributed by atoms with Crippen LogP contribution in [0.25, 0.3) is 11.3 Å². The first kappa shape index (κ1) is 13.1. The maximum Gasteiger partial charge on any atom is 0.142 e. The van der Waals surface area contributed by atoms with Gasteiger partial charge in [-0.1, -0.05) is 0 Å². The summed E-state index contributed by atoms with van der Waals surface area (Å²) in [6.45, 7) is 4.24. The Morgan fingerprint density at radius 2 is 1.90 bits per heavy atom. The summed E-state index contributed by atoms with van der Waals surface area (Å²) in [4.78, 5) is 4.73. The molecule has 106 valence electrons. The average Bonchev–Trinajstić information content (AvgIpc) is 3.02. The summed E-state index contributed by atoms with van der Waals surface area (Å²) in [5, 5.41) is 0. The van der Waals surface area contributed by atoms with Crippen molar-refractivity contribution < 1.29 is 9.15 Å². The van der Waals surface area contributed by atoms with E-state index in [0.29, 0.717) is 0 Å². The molecule has 0 unspecified atom stereocenters. The highest BCUT2D eigenvalue weighted by Crippen LogP contribution is 2.33. The molecule has 1 aliphatic rings. The van der Waals surface area contributed by atoms with E-state index in [4.69, 9.17) is 9.15 Å². The van der Waals surface area contributed by atoms with Crippen molar-refractivity contribution >= 4 is 5.69 Å². The molecule has 1 saturated heterocycles. The van der Waals surface area contributed by atoms with Gasteiger partial charge in [-0.05, 0) is 37.4 Å². The molecule has 0 radical (unpaired) electrons. The Hall–Kier alpha value is -1.94. The van der Waals surface area contributed by atoms with Gasteiger partial charge < -0.3 is 19.0 Å². The number of likely N-dealkylation sites (N-methyl/N-ethyl adjacent to an activating group) is 1. The minimum absolute atomic E-state index is 0.869. The second kappa shape index (κ2) is 5.59. The predicted octanol–water partition coefficient (Wildman–Crippen LogP) is 2.71. The van der Waals surface area contributed by atoms with E-state index in [-0.39, 0.29) is 0 Å². The van der Waals surface area contributed by atoms with Gasteiger partial charge >= 0.3 is 0 Å². The summed E-state index contributed by atoms with van der Waals surface area (Å²) in [7, 11) is 3.88. The van der Waals surface area contributed by atoms with Gasteiger partial charge in [0.25, 0.3) is 0 Å². The summed E-state index contributed by atoms with van der Waals surface area (Å²) in [6.07, 6.45) is 1.69. The molecule has 0 N–H and O–H groups in total. The van der Waals surface area contributed by atoms with Crippen molar-refractivity contribution in [3.63, 3.8) is 0 Å². The minimum atomic E-state index is 0.869. The lowest BCUT2D eigenvalue weighted by Gasteiger charge is -2.34. The van der Waals surface area contributed by atoms with Crippen LogP contribution >= 0.6 is 0 Å². The van der Waals surface area contributed by atoms with Gasteiger partial charge in [0, 0.05) is 31.7 Å². The van der Waals surface area contributed by atoms with E-state index in [1.807, 2.05) is 18.2 Å². The molecule has 4 heteroatoms. The molecule has 1 aromatic heterocycles. The number of furan rings is 1. The highest BCUT2D eigenvalue weighted by atomic mass is 16.5. The molecule has 2 heterocycles.